The first-order chi connectivity index (χ1) is 9.52. The number of aromatic nitrogens is 1. The van der Waals surface area contributed by atoms with Crippen LogP contribution in [0.1, 0.15) is 18.9 Å². The van der Waals surface area contributed by atoms with Gasteiger partial charge in [-0.3, -0.25) is 9.69 Å². The summed E-state index contributed by atoms with van der Waals surface area (Å²) in [6.45, 7) is 8.21. The maximum absolute atomic E-state index is 12.2. The molecule has 0 bridgehead atoms. The number of amides is 1. The lowest BCUT2D eigenvalue weighted by Crippen LogP contribution is -2.53. The zero-order valence-electron chi connectivity index (χ0n) is 12.0. The second-order valence-electron chi connectivity index (χ2n) is 5.64. The molecule has 1 aromatic heterocycles. The number of fused-ring (bicyclic) bond motifs is 1. The largest absolute Gasteiger partial charge is 0.325 e. The first kappa shape index (κ1) is 13.5. The molecule has 3 rings (SSSR count). The summed E-state index contributed by atoms with van der Waals surface area (Å²) >= 11 is 1.65. The van der Waals surface area contributed by atoms with Crippen molar-refractivity contribution in [2.75, 3.05) is 18.4 Å². The zero-order chi connectivity index (χ0) is 14.3. The molecule has 1 saturated heterocycles. The highest BCUT2D eigenvalue weighted by atomic mass is 32.1. The molecule has 1 N–H and O–H groups in total. The fraction of sp³-hybridized carbons (Fsp3) is 0.467. The lowest BCUT2D eigenvalue weighted by Gasteiger charge is -2.40. The maximum atomic E-state index is 12.2. The average Bonchev–Trinajstić information content (AvgIpc) is 2.73. The van der Waals surface area contributed by atoms with E-state index in [0.717, 1.165) is 34.0 Å². The van der Waals surface area contributed by atoms with Crippen LogP contribution in [-0.4, -0.2) is 34.9 Å². The van der Waals surface area contributed by atoms with E-state index >= 15 is 0 Å². The number of carbonyl (C=O) groups excluding carboxylic acids is 1. The van der Waals surface area contributed by atoms with Gasteiger partial charge in [0.15, 0.2) is 0 Å². The van der Waals surface area contributed by atoms with E-state index in [1.54, 1.807) is 11.3 Å². The summed E-state index contributed by atoms with van der Waals surface area (Å²) in [6.07, 6.45) is 0. The van der Waals surface area contributed by atoms with Gasteiger partial charge < -0.3 is 5.32 Å². The fourth-order valence-electron chi connectivity index (χ4n) is 2.59. The van der Waals surface area contributed by atoms with Crippen molar-refractivity contribution in [3.63, 3.8) is 0 Å². The number of hydrogen-bond acceptors (Lipinski definition) is 4. The molecule has 1 unspecified atom stereocenters. The summed E-state index contributed by atoms with van der Waals surface area (Å²) in [5, 5.41) is 4.05. The Morgan fingerprint density at radius 1 is 1.50 bits per heavy atom. The highest BCUT2D eigenvalue weighted by molar-refractivity contribution is 7.18. The quantitative estimate of drug-likeness (QED) is 0.945. The number of carbonyl (C=O) groups is 1. The predicted molar refractivity (Wildman–Crippen MR) is 83.2 cm³/mol. The summed E-state index contributed by atoms with van der Waals surface area (Å²) in [7, 11) is 0. The van der Waals surface area contributed by atoms with Gasteiger partial charge in [0.05, 0.1) is 21.3 Å². The lowest BCUT2D eigenvalue weighted by atomic mass is 10.0. The van der Waals surface area contributed by atoms with Gasteiger partial charge in [0.25, 0.3) is 0 Å². The van der Waals surface area contributed by atoms with Crippen LogP contribution in [0.3, 0.4) is 0 Å². The van der Waals surface area contributed by atoms with Gasteiger partial charge in [-0.1, -0.05) is 6.92 Å². The van der Waals surface area contributed by atoms with Crippen LogP contribution in [0.15, 0.2) is 18.2 Å². The molecule has 1 aliphatic heterocycles. The van der Waals surface area contributed by atoms with E-state index < -0.39 is 0 Å². The molecule has 2 heterocycles. The van der Waals surface area contributed by atoms with Crippen LogP contribution in [-0.2, 0) is 4.79 Å². The highest BCUT2D eigenvalue weighted by Crippen LogP contribution is 2.25. The van der Waals surface area contributed by atoms with E-state index in [1.807, 2.05) is 32.0 Å². The number of thiazole rings is 1. The molecule has 106 valence electrons. The first-order valence-corrected chi connectivity index (χ1v) is 7.76. The minimum Gasteiger partial charge on any atom is -0.325 e. The molecule has 1 atom stereocenters. The smallest absolute Gasteiger partial charge is 0.241 e. The molecular weight excluding hydrogens is 270 g/mol. The number of nitrogens with zero attached hydrogens (tertiary/aromatic N) is 2. The van der Waals surface area contributed by atoms with Gasteiger partial charge in [-0.25, -0.2) is 4.98 Å². The Labute approximate surface area is 122 Å². The Kier molecular flexibility index (Phi) is 3.48. The number of likely N-dealkylation sites (tertiary alicyclic amines) is 1. The molecule has 2 aromatic rings. The zero-order valence-corrected chi connectivity index (χ0v) is 12.8. The van der Waals surface area contributed by atoms with Crippen molar-refractivity contribution in [3.05, 3.63) is 23.2 Å². The summed E-state index contributed by atoms with van der Waals surface area (Å²) in [4.78, 5) is 18.9. The molecule has 0 spiro atoms. The Morgan fingerprint density at radius 3 is 2.95 bits per heavy atom. The molecule has 4 nitrogen and oxygen atoms in total. The summed E-state index contributed by atoms with van der Waals surface area (Å²) < 4.78 is 1.12. The minimum absolute atomic E-state index is 0.0647. The normalized spacial score (nSPS) is 17.9. The van der Waals surface area contributed by atoms with Crippen molar-refractivity contribution in [2.24, 2.45) is 5.92 Å². The Balaban J connectivity index is 1.70. The van der Waals surface area contributed by atoms with Crippen LogP contribution in [0.5, 0.6) is 0 Å². The Hall–Kier alpha value is -1.46. The van der Waals surface area contributed by atoms with Gasteiger partial charge in [0.2, 0.25) is 5.91 Å². The van der Waals surface area contributed by atoms with Crippen LogP contribution in [0.25, 0.3) is 10.2 Å². The second-order valence-corrected chi connectivity index (χ2v) is 6.87. The summed E-state index contributed by atoms with van der Waals surface area (Å²) in [5.74, 6) is 0.777. The van der Waals surface area contributed by atoms with E-state index in [-0.39, 0.29) is 11.9 Å². The van der Waals surface area contributed by atoms with Crippen LogP contribution >= 0.6 is 11.3 Å². The summed E-state index contributed by atoms with van der Waals surface area (Å²) in [6, 6.07) is 5.82. The molecule has 0 radical (unpaired) electrons. The lowest BCUT2D eigenvalue weighted by molar-refractivity contribution is -0.123. The third kappa shape index (κ3) is 2.55. The molecule has 20 heavy (non-hydrogen) atoms. The number of benzene rings is 1. The molecular formula is C15H19N3OS. The number of aryl methyl sites for hydroxylation is 1. The van der Waals surface area contributed by atoms with Crippen molar-refractivity contribution >= 4 is 33.1 Å². The number of anilines is 1. The Morgan fingerprint density at radius 2 is 2.25 bits per heavy atom. The molecule has 1 aromatic carbocycles. The predicted octanol–water partition coefficient (Wildman–Crippen LogP) is 2.88. The van der Waals surface area contributed by atoms with E-state index in [9.17, 15) is 4.79 Å². The van der Waals surface area contributed by atoms with Gasteiger partial charge in [0.1, 0.15) is 0 Å². The van der Waals surface area contributed by atoms with Crippen LogP contribution < -0.4 is 5.32 Å². The van der Waals surface area contributed by atoms with Gasteiger partial charge in [0, 0.05) is 18.8 Å². The van der Waals surface area contributed by atoms with E-state index in [4.69, 9.17) is 0 Å². The van der Waals surface area contributed by atoms with E-state index in [0.29, 0.717) is 5.92 Å². The van der Waals surface area contributed by atoms with Crippen molar-refractivity contribution in [2.45, 2.75) is 26.8 Å². The number of hydrogen-bond donors (Lipinski definition) is 1. The molecule has 5 heteroatoms. The van der Waals surface area contributed by atoms with E-state index in [2.05, 4.69) is 22.1 Å². The SMILES string of the molecule is Cc1nc2ccc(NC(=O)C(C)N3CC(C)C3)cc2s1. The first-order valence-electron chi connectivity index (χ1n) is 6.95. The van der Waals surface area contributed by atoms with Crippen LogP contribution in [0.4, 0.5) is 5.69 Å². The van der Waals surface area contributed by atoms with Gasteiger partial charge in [-0.05, 0) is 38.0 Å². The van der Waals surface area contributed by atoms with Crippen LogP contribution in [0, 0.1) is 12.8 Å². The minimum atomic E-state index is -0.0647. The van der Waals surface area contributed by atoms with Crippen molar-refractivity contribution < 1.29 is 4.79 Å². The standard InChI is InChI=1S/C15H19N3OS/c1-9-7-18(8-9)10(2)15(19)17-12-4-5-13-14(6-12)20-11(3)16-13/h4-6,9-10H,7-8H2,1-3H3,(H,17,19). The molecule has 0 saturated carbocycles. The van der Waals surface area contributed by atoms with Crippen molar-refractivity contribution in [1.29, 1.82) is 0 Å². The average molecular weight is 289 g/mol. The highest BCUT2D eigenvalue weighted by Gasteiger charge is 2.30. The monoisotopic (exact) mass is 289 g/mol. The van der Waals surface area contributed by atoms with Crippen molar-refractivity contribution in [3.8, 4) is 0 Å². The number of rotatable bonds is 3. The fourth-order valence-corrected chi connectivity index (χ4v) is 3.46. The molecule has 1 amide bonds. The topological polar surface area (TPSA) is 45.2 Å². The van der Waals surface area contributed by atoms with Gasteiger partial charge in [-0.15, -0.1) is 11.3 Å². The second kappa shape index (κ2) is 5.14. The molecule has 1 aliphatic rings. The summed E-state index contributed by atoms with van der Waals surface area (Å²) in [5.41, 5.74) is 1.85. The van der Waals surface area contributed by atoms with E-state index in [1.165, 1.54) is 0 Å². The third-order valence-electron chi connectivity index (χ3n) is 3.78. The van der Waals surface area contributed by atoms with Crippen molar-refractivity contribution in [1.82, 2.24) is 9.88 Å². The third-order valence-corrected chi connectivity index (χ3v) is 4.72. The Bertz CT molecular complexity index is 646. The maximum Gasteiger partial charge on any atom is 0.241 e. The van der Waals surface area contributed by atoms with Crippen LogP contribution in [0.2, 0.25) is 0 Å². The van der Waals surface area contributed by atoms with Gasteiger partial charge in [-0.2, -0.15) is 0 Å². The molecule has 0 aliphatic carbocycles. The number of nitrogens with one attached hydrogen (secondary N) is 1. The molecule has 1 fully saturated rings. The van der Waals surface area contributed by atoms with Gasteiger partial charge >= 0.3 is 0 Å².